The Morgan fingerprint density at radius 3 is 2.47 bits per heavy atom. The predicted molar refractivity (Wildman–Crippen MR) is 73.0 cm³/mol. The summed E-state index contributed by atoms with van der Waals surface area (Å²) in [5, 5.41) is 0. The molecule has 1 heterocycles. The van der Waals surface area contributed by atoms with Crippen LogP contribution in [0.5, 0.6) is 0 Å². The van der Waals surface area contributed by atoms with Gasteiger partial charge in [0.2, 0.25) is 0 Å². The van der Waals surface area contributed by atoms with Gasteiger partial charge in [-0.1, -0.05) is 17.7 Å². The third-order valence-electron chi connectivity index (χ3n) is 2.75. The van der Waals surface area contributed by atoms with Crippen LogP contribution >= 0.6 is 11.6 Å². The summed E-state index contributed by atoms with van der Waals surface area (Å²) in [5.74, 6) is 0.440. The molecule has 0 aliphatic carbocycles. The van der Waals surface area contributed by atoms with Crippen LogP contribution in [0.15, 0.2) is 42.6 Å². The summed E-state index contributed by atoms with van der Waals surface area (Å²) in [7, 11) is 2.04. The molecule has 1 aromatic carbocycles. The molecule has 17 heavy (non-hydrogen) atoms. The van der Waals surface area contributed by atoms with Gasteiger partial charge in [0.25, 0.3) is 0 Å². The van der Waals surface area contributed by atoms with Gasteiger partial charge in [0.1, 0.15) is 0 Å². The summed E-state index contributed by atoms with van der Waals surface area (Å²) < 4.78 is 0. The molecule has 0 spiro atoms. The zero-order valence-corrected chi connectivity index (χ0v) is 10.8. The van der Waals surface area contributed by atoms with Crippen molar-refractivity contribution in [3.8, 4) is 0 Å². The minimum atomic E-state index is 0.440. The van der Waals surface area contributed by atoms with Gasteiger partial charge in [-0.3, -0.25) is 4.98 Å². The molecule has 0 atom stereocenters. The van der Waals surface area contributed by atoms with Gasteiger partial charge in [0, 0.05) is 24.6 Å². The molecule has 0 aliphatic rings. The molecule has 0 aliphatic heterocycles. The Labute approximate surface area is 107 Å². The molecule has 0 unspecified atom stereocenters. The highest BCUT2D eigenvalue weighted by atomic mass is 35.5. The zero-order valence-electron chi connectivity index (χ0n) is 10.0. The Morgan fingerprint density at radius 2 is 1.82 bits per heavy atom. The highest BCUT2D eigenvalue weighted by Gasteiger charge is 2.04. The summed E-state index contributed by atoms with van der Waals surface area (Å²) in [6.45, 7) is 2.09. The van der Waals surface area contributed by atoms with E-state index in [1.807, 2.05) is 19.2 Å². The molecule has 0 amide bonds. The number of hydrogen-bond acceptors (Lipinski definition) is 2. The first-order chi connectivity index (χ1) is 8.20. The molecule has 2 rings (SSSR count). The van der Waals surface area contributed by atoms with E-state index < -0.39 is 0 Å². The third-order valence-corrected chi connectivity index (χ3v) is 3.02. The fraction of sp³-hybridized carbons (Fsp3) is 0.214. The van der Waals surface area contributed by atoms with E-state index in [9.17, 15) is 0 Å². The van der Waals surface area contributed by atoms with E-state index in [-0.39, 0.29) is 0 Å². The van der Waals surface area contributed by atoms with E-state index in [0.29, 0.717) is 5.88 Å². The number of nitrogens with zero attached hydrogens (tertiary/aromatic N) is 2. The first-order valence-corrected chi connectivity index (χ1v) is 6.05. The number of alkyl halides is 1. The summed E-state index contributed by atoms with van der Waals surface area (Å²) >= 11 is 5.79. The summed E-state index contributed by atoms with van der Waals surface area (Å²) in [4.78, 5) is 6.31. The van der Waals surface area contributed by atoms with Crippen LogP contribution in [0.3, 0.4) is 0 Å². The molecular weight excluding hydrogens is 232 g/mol. The molecule has 0 saturated carbocycles. The number of hydrogen-bond donors (Lipinski definition) is 0. The van der Waals surface area contributed by atoms with Crippen molar-refractivity contribution in [2.75, 3.05) is 11.9 Å². The fourth-order valence-electron chi connectivity index (χ4n) is 1.66. The van der Waals surface area contributed by atoms with E-state index in [2.05, 4.69) is 41.1 Å². The number of aromatic nitrogens is 1. The van der Waals surface area contributed by atoms with E-state index >= 15 is 0 Å². The first kappa shape index (κ1) is 11.9. The standard InChI is InChI=1S/C14H15ClN2/c1-11-3-5-13(6-4-11)17(2)14-7-8-16-12(9-14)10-15/h3-9H,10H2,1-2H3. The maximum absolute atomic E-state index is 5.79. The number of pyridine rings is 1. The quantitative estimate of drug-likeness (QED) is 0.764. The maximum atomic E-state index is 5.79. The summed E-state index contributed by atoms with van der Waals surface area (Å²) in [6, 6.07) is 12.4. The van der Waals surface area contributed by atoms with Crippen molar-refractivity contribution in [1.29, 1.82) is 0 Å². The topological polar surface area (TPSA) is 16.1 Å². The van der Waals surface area contributed by atoms with Gasteiger partial charge in [-0.15, -0.1) is 11.6 Å². The Kier molecular flexibility index (Phi) is 3.64. The summed E-state index contributed by atoms with van der Waals surface area (Å²) in [5.41, 5.74) is 4.41. The fourth-order valence-corrected chi connectivity index (χ4v) is 1.81. The van der Waals surface area contributed by atoms with Crippen LogP contribution in [-0.4, -0.2) is 12.0 Å². The highest BCUT2D eigenvalue weighted by Crippen LogP contribution is 2.24. The minimum Gasteiger partial charge on any atom is -0.345 e. The third kappa shape index (κ3) is 2.77. The summed E-state index contributed by atoms with van der Waals surface area (Å²) in [6.07, 6.45) is 1.79. The van der Waals surface area contributed by atoms with Crippen molar-refractivity contribution in [2.24, 2.45) is 0 Å². The maximum Gasteiger partial charge on any atom is 0.0648 e. The lowest BCUT2D eigenvalue weighted by Gasteiger charge is -2.19. The van der Waals surface area contributed by atoms with Crippen LogP contribution < -0.4 is 4.90 Å². The molecule has 2 aromatic rings. The smallest absolute Gasteiger partial charge is 0.0648 e. The second kappa shape index (κ2) is 5.19. The molecule has 0 N–H and O–H groups in total. The first-order valence-electron chi connectivity index (χ1n) is 5.52. The van der Waals surface area contributed by atoms with Gasteiger partial charge >= 0.3 is 0 Å². The van der Waals surface area contributed by atoms with E-state index in [1.54, 1.807) is 6.20 Å². The molecule has 3 heteroatoms. The van der Waals surface area contributed by atoms with Crippen molar-refractivity contribution in [1.82, 2.24) is 4.98 Å². The van der Waals surface area contributed by atoms with Gasteiger partial charge in [-0.25, -0.2) is 0 Å². The van der Waals surface area contributed by atoms with Crippen LogP contribution in [0.1, 0.15) is 11.3 Å². The van der Waals surface area contributed by atoms with E-state index in [1.165, 1.54) is 5.56 Å². The lowest BCUT2D eigenvalue weighted by atomic mass is 10.2. The van der Waals surface area contributed by atoms with E-state index in [0.717, 1.165) is 17.1 Å². The number of anilines is 2. The van der Waals surface area contributed by atoms with Crippen molar-refractivity contribution < 1.29 is 0 Å². The Hall–Kier alpha value is -1.54. The van der Waals surface area contributed by atoms with Crippen LogP contribution in [0.25, 0.3) is 0 Å². The van der Waals surface area contributed by atoms with Crippen molar-refractivity contribution in [3.63, 3.8) is 0 Å². The van der Waals surface area contributed by atoms with Gasteiger partial charge in [0.05, 0.1) is 11.6 Å². The molecular formula is C14H15ClN2. The number of halogens is 1. The van der Waals surface area contributed by atoms with Gasteiger partial charge in [-0.05, 0) is 31.2 Å². The van der Waals surface area contributed by atoms with Crippen LogP contribution in [-0.2, 0) is 5.88 Å². The molecule has 0 saturated heterocycles. The Morgan fingerprint density at radius 1 is 1.12 bits per heavy atom. The molecule has 0 radical (unpaired) electrons. The van der Waals surface area contributed by atoms with Crippen molar-refractivity contribution in [3.05, 3.63) is 53.9 Å². The Bertz CT molecular complexity index is 494. The van der Waals surface area contributed by atoms with Crippen LogP contribution in [0.2, 0.25) is 0 Å². The zero-order chi connectivity index (χ0) is 12.3. The van der Waals surface area contributed by atoms with Gasteiger partial charge in [0.15, 0.2) is 0 Å². The largest absolute Gasteiger partial charge is 0.345 e. The lowest BCUT2D eigenvalue weighted by molar-refractivity contribution is 1.13. The molecule has 0 fully saturated rings. The average Bonchev–Trinajstić information content (AvgIpc) is 2.39. The van der Waals surface area contributed by atoms with Crippen molar-refractivity contribution in [2.45, 2.75) is 12.8 Å². The minimum absolute atomic E-state index is 0.440. The molecule has 0 bridgehead atoms. The number of rotatable bonds is 3. The molecule has 88 valence electrons. The van der Waals surface area contributed by atoms with Crippen LogP contribution in [0.4, 0.5) is 11.4 Å². The second-order valence-corrected chi connectivity index (χ2v) is 4.30. The van der Waals surface area contributed by atoms with E-state index in [4.69, 9.17) is 11.6 Å². The average molecular weight is 247 g/mol. The van der Waals surface area contributed by atoms with Gasteiger partial charge in [-0.2, -0.15) is 0 Å². The SMILES string of the molecule is Cc1ccc(N(C)c2ccnc(CCl)c2)cc1. The predicted octanol–water partition coefficient (Wildman–Crippen LogP) is 3.90. The number of benzene rings is 1. The second-order valence-electron chi connectivity index (χ2n) is 4.03. The van der Waals surface area contributed by atoms with Crippen molar-refractivity contribution >= 4 is 23.0 Å². The van der Waals surface area contributed by atoms with Crippen LogP contribution in [0, 0.1) is 6.92 Å². The lowest BCUT2D eigenvalue weighted by Crippen LogP contribution is -2.09. The molecule has 2 nitrogen and oxygen atoms in total. The highest BCUT2D eigenvalue weighted by molar-refractivity contribution is 6.16. The normalized spacial score (nSPS) is 10.3. The monoisotopic (exact) mass is 246 g/mol. The molecule has 1 aromatic heterocycles. The van der Waals surface area contributed by atoms with Gasteiger partial charge < -0.3 is 4.90 Å². The number of aryl methyl sites for hydroxylation is 1. The Balaban J connectivity index is 2.29.